The number of benzene rings is 2. The van der Waals surface area contributed by atoms with Crippen molar-refractivity contribution < 1.29 is 0 Å². The first-order valence-corrected chi connectivity index (χ1v) is 9.87. The molecule has 0 aliphatic heterocycles. The molecule has 0 spiro atoms. The molecule has 0 saturated carbocycles. The van der Waals surface area contributed by atoms with Gasteiger partial charge in [-0.3, -0.25) is 0 Å². The second-order valence-corrected chi connectivity index (χ2v) is 8.02. The third-order valence-electron chi connectivity index (χ3n) is 4.05. The van der Waals surface area contributed by atoms with E-state index in [2.05, 4.69) is 59.4 Å². The molecule has 0 unspecified atom stereocenters. The molecule has 0 bridgehead atoms. The number of thiocarbonyl (C=S) groups is 2. The van der Waals surface area contributed by atoms with Crippen LogP contribution in [0.4, 0.5) is 0 Å². The van der Waals surface area contributed by atoms with Crippen molar-refractivity contribution in [2.75, 3.05) is 13.1 Å². The van der Waals surface area contributed by atoms with Crippen LogP contribution < -0.4 is 21.3 Å². The third kappa shape index (κ3) is 8.84. The van der Waals surface area contributed by atoms with Crippen LogP contribution in [0, 0.1) is 5.41 Å². The topological polar surface area (TPSA) is 48.1 Å². The maximum Gasteiger partial charge on any atom is 0.166 e. The van der Waals surface area contributed by atoms with Gasteiger partial charge in [-0.05, 0) is 41.0 Å². The Morgan fingerprint density at radius 3 is 1.41 bits per heavy atom. The molecule has 4 nitrogen and oxygen atoms in total. The van der Waals surface area contributed by atoms with Gasteiger partial charge in [0, 0.05) is 26.2 Å². The second-order valence-electron chi connectivity index (χ2n) is 7.21. The molecule has 0 aliphatic rings. The first-order valence-electron chi connectivity index (χ1n) is 9.06. The molecule has 0 amide bonds. The smallest absolute Gasteiger partial charge is 0.166 e. The summed E-state index contributed by atoms with van der Waals surface area (Å²) in [7, 11) is 0. The Morgan fingerprint density at radius 2 is 1.04 bits per heavy atom. The predicted octanol–water partition coefficient (Wildman–Crippen LogP) is 3.34. The Hall–Kier alpha value is -2.18. The fraction of sp³-hybridized carbons (Fsp3) is 0.333. The maximum absolute atomic E-state index is 5.37. The number of hydrogen-bond donors (Lipinski definition) is 4. The van der Waals surface area contributed by atoms with Crippen molar-refractivity contribution in [3.8, 4) is 0 Å². The summed E-state index contributed by atoms with van der Waals surface area (Å²) in [5, 5.41) is 14.4. The van der Waals surface area contributed by atoms with E-state index in [1.165, 1.54) is 11.1 Å². The summed E-state index contributed by atoms with van der Waals surface area (Å²) in [6.45, 7) is 7.29. The van der Waals surface area contributed by atoms with Crippen molar-refractivity contribution in [3.63, 3.8) is 0 Å². The standard InChI is InChI=1S/C21H28N4S2/c1-21(2,15-24-19(26)22-13-17-9-5-3-6-10-17)16-25-20(27)23-14-18-11-7-4-8-12-18/h3-12H,13-16H2,1-2H3,(H2,22,24,26)(H2,23,25,27). The van der Waals surface area contributed by atoms with Crippen LogP contribution in [0.3, 0.4) is 0 Å². The second kappa shape index (κ2) is 10.8. The Labute approximate surface area is 173 Å². The Balaban J connectivity index is 1.63. The first-order chi connectivity index (χ1) is 12.9. The van der Waals surface area contributed by atoms with Crippen LogP contribution in [0.2, 0.25) is 0 Å². The summed E-state index contributed by atoms with van der Waals surface area (Å²) in [5.74, 6) is 0. The van der Waals surface area contributed by atoms with Crippen molar-refractivity contribution in [3.05, 3.63) is 71.8 Å². The van der Waals surface area contributed by atoms with Gasteiger partial charge in [0.2, 0.25) is 0 Å². The van der Waals surface area contributed by atoms with Crippen LogP contribution in [0.1, 0.15) is 25.0 Å². The van der Waals surface area contributed by atoms with Gasteiger partial charge >= 0.3 is 0 Å². The molecule has 0 atom stereocenters. The van der Waals surface area contributed by atoms with Crippen molar-refractivity contribution in [2.45, 2.75) is 26.9 Å². The molecular weight excluding hydrogens is 372 g/mol. The summed E-state index contributed by atoms with van der Waals surface area (Å²) < 4.78 is 0. The van der Waals surface area contributed by atoms with Gasteiger partial charge in [0.1, 0.15) is 0 Å². The molecule has 0 heterocycles. The molecule has 0 aromatic heterocycles. The zero-order chi connectivity index (χ0) is 19.5. The SMILES string of the molecule is CC(C)(CNC(=S)NCc1ccccc1)CNC(=S)NCc1ccccc1. The van der Waals surface area contributed by atoms with Gasteiger partial charge in [0.15, 0.2) is 10.2 Å². The largest absolute Gasteiger partial charge is 0.362 e. The van der Waals surface area contributed by atoms with E-state index >= 15 is 0 Å². The molecule has 2 rings (SSSR count). The average Bonchev–Trinajstić information content (AvgIpc) is 2.69. The summed E-state index contributed by atoms with van der Waals surface area (Å²) in [6, 6.07) is 20.4. The molecule has 0 aliphatic carbocycles. The minimum Gasteiger partial charge on any atom is -0.362 e. The monoisotopic (exact) mass is 400 g/mol. The lowest BCUT2D eigenvalue weighted by atomic mass is 9.93. The van der Waals surface area contributed by atoms with Crippen LogP contribution in [0.25, 0.3) is 0 Å². The zero-order valence-electron chi connectivity index (χ0n) is 15.9. The summed E-state index contributed by atoms with van der Waals surface area (Å²) in [6.07, 6.45) is 0. The van der Waals surface area contributed by atoms with Gasteiger partial charge in [0.05, 0.1) is 0 Å². The zero-order valence-corrected chi connectivity index (χ0v) is 17.6. The minimum absolute atomic E-state index is 0.00300. The van der Waals surface area contributed by atoms with E-state index in [9.17, 15) is 0 Å². The van der Waals surface area contributed by atoms with Gasteiger partial charge < -0.3 is 21.3 Å². The highest BCUT2D eigenvalue weighted by Gasteiger charge is 2.18. The van der Waals surface area contributed by atoms with Crippen LogP contribution >= 0.6 is 24.4 Å². The summed E-state index contributed by atoms with van der Waals surface area (Å²) >= 11 is 10.7. The highest BCUT2D eigenvalue weighted by Crippen LogP contribution is 2.11. The van der Waals surface area contributed by atoms with E-state index in [4.69, 9.17) is 24.4 Å². The van der Waals surface area contributed by atoms with Gasteiger partial charge in [-0.25, -0.2) is 0 Å². The Morgan fingerprint density at radius 1 is 0.667 bits per heavy atom. The Kier molecular flexibility index (Phi) is 8.48. The van der Waals surface area contributed by atoms with Gasteiger partial charge in [-0.2, -0.15) is 0 Å². The molecule has 0 saturated heterocycles. The van der Waals surface area contributed by atoms with E-state index in [0.29, 0.717) is 10.2 Å². The molecule has 2 aromatic carbocycles. The van der Waals surface area contributed by atoms with Gasteiger partial charge in [-0.15, -0.1) is 0 Å². The molecule has 144 valence electrons. The third-order valence-corrected chi connectivity index (χ3v) is 4.62. The molecule has 6 heteroatoms. The van der Waals surface area contributed by atoms with Crippen molar-refractivity contribution in [2.24, 2.45) is 5.41 Å². The first kappa shape index (κ1) is 21.1. The van der Waals surface area contributed by atoms with Crippen LogP contribution in [-0.4, -0.2) is 23.3 Å². The summed E-state index contributed by atoms with van der Waals surface area (Å²) in [5.41, 5.74) is 2.41. The van der Waals surface area contributed by atoms with E-state index < -0.39 is 0 Å². The normalized spacial score (nSPS) is 10.7. The molecular formula is C21H28N4S2. The predicted molar refractivity (Wildman–Crippen MR) is 122 cm³/mol. The molecule has 4 N–H and O–H groups in total. The maximum atomic E-state index is 5.37. The molecule has 27 heavy (non-hydrogen) atoms. The van der Waals surface area contributed by atoms with Crippen LogP contribution in [0.5, 0.6) is 0 Å². The molecule has 0 fully saturated rings. The van der Waals surface area contributed by atoms with Crippen molar-refractivity contribution >= 4 is 34.7 Å². The minimum atomic E-state index is -0.00300. The van der Waals surface area contributed by atoms with Crippen LogP contribution in [-0.2, 0) is 13.1 Å². The van der Waals surface area contributed by atoms with E-state index in [-0.39, 0.29) is 5.41 Å². The quantitative estimate of drug-likeness (QED) is 0.510. The van der Waals surface area contributed by atoms with Crippen molar-refractivity contribution in [1.82, 2.24) is 21.3 Å². The Bertz CT molecular complexity index is 656. The lowest BCUT2D eigenvalue weighted by molar-refractivity contribution is 0.359. The number of rotatable bonds is 8. The highest BCUT2D eigenvalue weighted by atomic mass is 32.1. The van der Waals surface area contributed by atoms with E-state index in [0.717, 1.165) is 26.2 Å². The van der Waals surface area contributed by atoms with Gasteiger partial charge in [0.25, 0.3) is 0 Å². The van der Waals surface area contributed by atoms with E-state index in [1.807, 2.05) is 36.4 Å². The highest BCUT2D eigenvalue weighted by molar-refractivity contribution is 7.80. The van der Waals surface area contributed by atoms with Crippen LogP contribution in [0.15, 0.2) is 60.7 Å². The van der Waals surface area contributed by atoms with Gasteiger partial charge in [-0.1, -0.05) is 74.5 Å². The average molecular weight is 401 g/mol. The van der Waals surface area contributed by atoms with E-state index in [1.54, 1.807) is 0 Å². The molecule has 0 radical (unpaired) electrons. The van der Waals surface area contributed by atoms with Crippen molar-refractivity contribution in [1.29, 1.82) is 0 Å². The molecule has 2 aromatic rings. The fourth-order valence-corrected chi connectivity index (χ4v) is 2.67. The fourth-order valence-electron chi connectivity index (χ4n) is 2.38. The lowest BCUT2D eigenvalue weighted by Crippen LogP contribution is -2.46. The summed E-state index contributed by atoms with van der Waals surface area (Å²) in [4.78, 5) is 0. The number of nitrogens with one attached hydrogen (secondary N) is 4. The lowest BCUT2D eigenvalue weighted by Gasteiger charge is -2.27. The number of hydrogen-bond acceptors (Lipinski definition) is 2.